The Kier molecular flexibility index (Phi) is 7.35. The summed E-state index contributed by atoms with van der Waals surface area (Å²) in [5.41, 5.74) is 6.42. The minimum atomic E-state index is -0.807. The van der Waals surface area contributed by atoms with E-state index >= 15 is 0 Å². The van der Waals surface area contributed by atoms with E-state index in [9.17, 15) is 9.59 Å². The number of nitrogens with zero attached hydrogens (tertiary/aromatic N) is 1. The van der Waals surface area contributed by atoms with E-state index in [-0.39, 0.29) is 11.8 Å². The Balaban J connectivity index is 2.13. The van der Waals surface area contributed by atoms with Gasteiger partial charge in [-0.05, 0) is 53.0 Å². The van der Waals surface area contributed by atoms with Crippen LogP contribution in [0.4, 0.5) is 0 Å². The van der Waals surface area contributed by atoms with Crippen molar-refractivity contribution >= 4 is 11.9 Å². The summed E-state index contributed by atoms with van der Waals surface area (Å²) in [6.07, 6.45) is 4.93. The van der Waals surface area contributed by atoms with Crippen LogP contribution >= 0.6 is 0 Å². The van der Waals surface area contributed by atoms with Crippen molar-refractivity contribution in [2.24, 2.45) is 17.6 Å². The maximum Gasteiger partial charge on any atom is 0.329 e. The van der Waals surface area contributed by atoms with E-state index in [0.29, 0.717) is 0 Å². The highest BCUT2D eigenvalue weighted by atomic mass is 16.6. The minimum Gasteiger partial charge on any atom is -0.458 e. The van der Waals surface area contributed by atoms with Crippen molar-refractivity contribution in [3.05, 3.63) is 35.9 Å². The van der Waals surface area contributed by atoms with E-state index in [2.05, 4.69) is 0 Å². The van der Waals surface area contributed by atoms with Gasteiger partial charge in [0.25, 0.3) is 0 Å². The average molecular weight is 445 g/mol. The first-order valence-corrected chi connectivity index (χ1v) is 11.9. The Hall–Kier alpha value is -1.92. The van der Waals surface area contributed by atoms with Crippen LogP contribution in [0.2, 0.25) is 0 Å². The zero-order valence-corrected chi connectivity index (χ0v) is 20.5. The summed E-state index contributed by atoms with van der Waals surface area (Å²) >= 11 is 0. The van der Waals surface area contributed by atoms with Crippen molar-refractivity contribution in [2.75, 3.05) is 7.11 Å². The fourth-order valence-electron chi connectivity index (χ4n) is 5.41. The smallest absolute Gasteiger partial charge is 0.329 e. The molecule has 1 heterocycles. The van der Waals surface area contributed by atoms with Crippen molar-refractivity contribution in [2.45, 2.75) is 96.1 Å². The van der Waals surface area contributed by atoms with Gasteiger partial charge in [-0.1, -0.05) is 49.6 Å². The molecule has 1 saturated heterocycles. The van der Waals surface area contributed by atoms with Gasteiger partial charge in [-0.15, -0.1) is 0 Å². The second-order valence-electron chi connectivity index (χ2n) is 10.8. The van der Waals surface area contributed by atoms with Crippen molar-refractivity contribution < 1.29 is 19.1 Å². The molecule has 6 nitrogen and oxygen atoms in total. The number of amides is 1. The van der Waals surface area contributed by atoms with E-state index in [1.807, 2.05) is 65.0 Å². The predicted octanol–water partition coefficient (Wildman–Crippen LogP) is 4.23. The number of carbonyl (C=O) groups is 2. The van der Waals surface area contributed by atoms with Gasteiger partial charge in [0.15, 0.2) is 0 Å². The van der Waals surface area contributed by atoms with E-state index in [4.69, 9.17) is 15.2 Å². The van der Waals surface area contributed by atoms with Crippen LogP contribution in [0.25, 0.3) is 0 Å². The van der Waals surface area contributed by atoms with Crippen LogP contribution in [0.1, 0.15) is 78.3 Å². The first kappa shape index (κ1) is 24.7. The van der Waals surface area contributed by atoms with Crippen LogP contribution in [-0.2, 0) is 19.1 Å². The van der Waals surface area contributed by atoms with Crippen LogP contribution in [-0.4, -0.2) is 47.2 Å². The molecule has 178 valence electrons. The minimum absolute atomic E-state index is 0.0132. The van der Waals surface area contributed by atoms with Gasteiger partial charge in [-0.2, -0.15) is 0 Å². The van der Waals surface area contributed by atoms with Crippen molar-refractivity contribution in [3.63, 3.8) is 0 Å². The second kappa shape index (κ2) is 9.52. The molecule has 32 heavy (non-hydrogen) atoms. The lowest BCUT2D eigenvalue weighted by atomic mass is 9.79. The van der Waals surface area contributed by atoms with E-state index in [0.717, 1.165) is 37.7 Å². The number of rotatable bonds is 5. The summed E-state index contributed by atoms with van der Waals surface area (Å²) < 4.78 is 11.7. The molecule has 6 heteroatoms. The third-order valence-corrected chi connectivity index (χ3v) is 7.05. The molecule has 2 N–H and O–H groups in total. The number of hydrogen-bond donors (Lipinski definition) is 1. The zero-order valence-electron chi connectivity index (χ0n) is 20.5. The Morgan fingerprint density at radius 3 is 2.12 bits per heavy atom. The van der Waals surface area contributed by atoms with Gasteiger partial charge in [0, 0.05) is 25.0 Å². The summed E-state index contributed by atoms with van der Waals surface area (Å²) in [6.45, 7) is 9.41. The van der Waals surface area contributed by atoms with Crippen molar-refractivity contribution in [1.29, 1.82) is 0 Å². The van der Waals surface area contributed by atoms with Crippen LogP contribution in [0.3, 0.4) is 0 Å². The van der Waals surface area contributed by atoms with Crippen LogP contribution < -0.4 is 5.73 Å². The van der Waals surface area contributed by atoms with Crippen molar-refractivity contribution in [3.8, 4) is 0 Å². The number of likely N-dealkylation sites (tertiary alicyclic amines) is 1. The van der Waals surface area contributed by atoms with Gasteiger partial charge in [0.05, 0.1) is 11.6 Å². The summed E-state index contributed by atoms with van der Waals surface area (Å²) in [6, 6.07) is 8.11. The lowest BCUT2D eigenvalue weighted by Crippen LogP contribution is -2.54. The maximum atomic E-state index is 14.0. The quantitative estimate of drug-likeness (QED) is 0.688. The molecule has 0 bridgehead atoms. The summed E-state index contributed by atoms with van der Waals surface area (Å²) in [5.74, 6) is -0.901. The summed E-state index contributed by atoms with van der Waals surface area (Å²) in [4.78, 5) is 29.4. The topological polar surface area (TPSA) is 81.9 Å². The van der Waals surface area contributed by atoms with Crippen LogP contribution in [0.5, 0.6) is 0 Å². The first-order valence-electron chi connectivity index (χ1n) is 11.9. The van der Waals surface area contributed by atoms with E-state index in [1.54, 1.807) is 12.0 Å². The molecule has 1 aromatic rings. The average Bonchev–Trinajstić information content (AvgIpc) is 3.07. The molecule has 2 fully saturated rings. The highest BCUT2D eigenvalue weighted by molar-refractivity contribution is 5.88. The fourth-order valence-corrected chi connectivity index (χ4v) is 5.41. The molecule has 1 aromatic carbocycles. The normalized spacial score (nSPS) is 27.4. The molecule has 0 aromatic heterocycles. The van der Waals surface area contributed by atoms with Gasteiger partial charge in [-0.3, -0.25) is 4.79 Å². The number of carbonyl (C=O) groups excluding carboxylic acids is 2. The number of methoxy groups -OCH3 is 1. The SMILES string of the molecule is COC(C)(C)C1C(N)C(c2ccccc2)N(C(=O)C2CCCCC2)C1C(=O)OC(C)(C)C. The van der Waals surface area contributed by atoms with Gasteiger partial charge in [0.1, 0.15) is 11.6 Å². The fraction of sp³-hybridized carbons (Fsp3) is 0.692. The third kappa shape index (κ3) is 5.01. The lowest BCUT2D eigenvalue weighted by Gasteiger charge is -2.38. The molecule has 0 spiro atoms. The molecule has 2 aliphatic rings. The molecule has 1 aliphatic carbocycles. The molecule has 1 aliphatic heterocycles. The van der Waals surface area contributed by atoms with E-state index < -0.39 is 41.2 Å². The molecular weight excluding hydrogens is 404 g/mol. The Bertz CT molecular complexity index is 796. The second-order valence-corrected chi connectivity index (χ2v) is 10.8. The standard InChI is InChI=1S/C26H40N2O4/c1-25(2,3)32-24(30)22-19(26(4,5)31-6)20(27)21(17-13-9-7-10-14-17)28(22)23(29)18-15-11-8-12-16-18/h7,9-10,13-14,18-22H,8,11-12,15-16,27H2,1-6H3. The Morgan fingerprint density at radius 1 is 1.00 bits per heavy atom. The molecule has 4 unspecified atom stereocenters. The number of nitrogens with two attached hydrogens (primary N) is 1. The zero-order chi connectivity index (χ0) is 23.7. The highest BCUT2D eigenvalue weighted by Gasteiger charge is 2.59. The monoisotopic (exact) mass is 444 g/mol. The number of ether oxygens (including phenoxy) is 2. The summed E-state index contributed by atoms with van der Waals surface area (Å²) in [5, 5.41) is 0. The van der Waals surface area contributed by atoms with Gasteiger partial charge in [-0.25, -0.2) is 4.79 Å². The lowest BCUT2D eigenvalue weighted by molar-refractivity contribution is -0.170. The Labute approximate surface area is 192 Å². The van der Waals surface area contributed by atoms with Crippen LogP contribution in [0, 0.1) is 11.8 Å². The highest BCUT2D eigenvalue weighted by Crippen LogP contribution is 2.47. The third-order valence-electron chi connectivity index (χ3n) is 7.05. The van der Waals surface area contributed by atoms with Gasteiger partial charge in [0.2, 0.25) is 5.91 Å². The maximum absolute atomic E-state index is 14.0. The summed E-state index contributed by atoms with van der Waals surface area (Å²) in [7, 11) is 1.63. The van der Waals surface area contributed by atoms with Gasteiger partial charge >= 0.3 is 5.97 Å². The van der Waals surface area contributed by atoms with Crippen LogP contribution in [0.15, 0.2) is 30.3 Å². The first-order chi connectivity index (χ1) is 15.0. The molecule has 4 atom stereocenters. The molecule has 3 rings (SSSR count). The number of benzene rings is 1. The van der Waals surface area contributed by atoms with Gasteiger partial charge < -0.3 is 20.1 Å². The largest absolute Gasteiger partial charge is 0.458 e. The predicted molar refractivity (Wildman–Crippen MR) is 125 cm³/mol. The van der Waals surface area contributed by atoms with E-state index in [1.165, 1.54) is 0 Å². The Morgan fingerprint density at radius 2 is 1.59 bits per heavy atom. The molecule has 1 amide bonds. The van der Waals surface area contributed by atoms with Crippen molar-refractivity contribution in [1.82, 2.24) is 4.90 Å². The number of esters is 1. The molecule has 1 saturated carbocycles. The molecular formula is C26H40N2O4. The number of hydrogen-bond acceptors (Lipinski definition) is 5. The molecule has 0 radical (unpaired) electrons.